The summed E-state index contributed by atoms with van der Waals surface area (Å²) in [6.45, 7) is 3.22. The van der Waals surface area contributed by atoms with E-state index in [1.165, 1.54) is 0 Å². The number of nitrogens with zero attached hydrogens (tertiary/aromatic N) is 1. The summed E-state index contributed by atoms with van der Waals surface area (Å²) in [5.41, 5.74) is 0.294. The lowest BCUT2D eigenvalue weighted by Crippen LogP contribution is -2.48. The maximum Gasteiger partial charge on any atom is 0.233 e. The summed E-state index contributed by atoms with van der Waals surface area (Å²) in [5.74, 6) is 0.259. The minimum Gasteiger partial charge on any atom is -0.390 e. The van der Waals surface area contributed by atoms with Crippen LogP contribution >= 0.6 is 0 Å². The quantitative estimate of drug-likeness (QED) is 0.883. The lowest BCUT2D eigenvalue weighted by molar-refractivity contribution is -0.137. The van der Waals surface area contributed by atoms with Gasteiger partial charge in [0.05, 0.1) is 11.0 Å². The molecule has 0 radical (unpaired) electrons. The molecular weight excluding hydrogens is 238 g/mol. The lowest BCUT2D eigenvalue weighted by atomic mass is 9.90. The Morgan fingerprint density at radius 2 is 1.68 bits per heavy atom. The highest BCUT2D eigenvalue weighted by Gasteiger charge is 2.53. The van der Waals surface area contributed by atoms with Gasteiger partial charge in [-0.3, -0.25) is 4.79 Å². The van der Waals surface area contributed by atoms with Gasteiger partial charge < -0.3 is 10.0 Å². The molecule has 1 aliphatic heterocycles. The van der Waals surface area contributed by atoms with Crippen LogP contribution in [-0.4, -0.2) is 34.6 Å². The molecule has 2 fully saturated rings. The Balaban J connectivity index is 1.75. The summed E-state index contributed by atoms with van der Waals surface area (Å²) in [5, 5.41) is 9.97. The Morgan fingerprint density at radius 1 is 1.11 bits per heavy atom. The van der Waals surface area contributed by atoms with Gasteiger partial charge in [-0.05, 0) is 38.2 Å². The molecule has 1 aliphatic carbocycles. The van der Waals surface area contributed by atoms with Gasteiger partial charge in [0, 0.05) is 13.1 Å². The molecule has 3 nitrogen and oxygen atoms in total. The van der Waals surface area contributed by atoms with Crippen molar-refractivity contribution in [3.63, 3.8) is 0 Å². The van der Waals surface area contributed by atoms with Crippen molar-refractivity contribution in [2.24, 2.45) is 0 Å². The van der Waals surface area contributed by atoms with Crippen LogP contribution in [0.1, 0.15) is 38.2 Å². The van der Waals surface area contributed by atoms with Gasteiger partial charge in [-0.15, -0.1) is 0 Å². The first-order valence-corrected chi connectivity index (χ1v) is 7.11. The molecule has 1 aromatic carbocycles. The van der Waals surface area contributed by atoms with E-state index in [0.29, 0.717) is 25.9 Å². The Hall–Kier alpha value is -1.35. The van der Waals surface area contributed by atoms with Crippen LogP contribution in [0, 0.1) is 0 Å². The van der Waals surface area contributed by atoms with E-state index in [9.17, 15) is 9.90 Å². The Kier molecular flexibility index (Phi) is 2.90. The zero-order valence-corrected chi connectivity index (χ0v) is 11.4. The fourth-order valence-corrected chi connectivity index (χ4v) is 3.00. The average molecular weight is 259 g/mol. The molecule has 1 heterocycles. The number of rotatable bonds is 2. The number of aliphatic hydroxyl groups is 1. The van der Waals surface area contributed by atoms with Crippen molar-refractivity contribution in [1.82, 2.24) is 4.90 Å². The van der Waals surface area contributed by atoms with Gasteiger partial charge in [-0.1, -0.05) is 30.3 Å². The second kappa shape index (κ2) is 4.34. The molecule has 0 bridgehead atoms. The van der Waals surface area contributed by atoms with Gasteiger partial charge in [-0.25, -0.2) is 0 Å². The van der Waals surface area contributed by atoms with Crippen LogP contribution in [0.5, 0.6) is 0 Å². The monoisotopic (exact) mass is 259 g/mol. The first-order chi connectivity index (χ1) is 9.04. The summed E-state index contributed by atoms with van der Waals surface area (Å²) in [7, 11) is 0. The van der Waals surface area contributed by atoms with Gasteiger partial charge in [0.1, 0.15) is 0 Å². The minimum atomic E-state index is -0.597. The molecule has 102 valence electrons. The molecule has 0 spiro atoms. The van der Waals surface area contributed by atoms with Gasteiger partial charge in [0.25, 0.3) is 0 Å². The normalized spacial score (nSPS) is 24.0. The van der Waals surface area contributed by atoms with E-state index in [1.807, 2.05) is 30.0 Å². The largest absolute Gasteiger partial charge is 0.390 e. The molecule has 3 rings (SSSR count). The molecule has 3 heteroatoms. The van der Waals surface area contributed by atoms with Crippen molar-refractivity contribution < 1.29 is 9.90 Å². The molecule has 0 unspecified atom stereocenters. The third-order valence-electron chi connectivity index (χ3n) is 4.61. The molecule has 0 atom stereocenters. The van der Waals surface area contributed by atoms with E-state index >= 15 is 0 Å². The van der Waals surface area contributed by atoms with Crippen molar-refractivity contribution in [2.45, 2.75) is 43.6 Å². The van der Waals surface area contributed by atoms with Gasteiger partial charge in [-0.2, -0.15) is 0 Å². The third-order valence-corrected chi connectivity index (χ3v) is 4.61. The van der Waals surface area contributed by atoms with E-state index < -0.39 is 5.60 Å². The standard InChI is InChI=1S/C16H21NO2/c1-15(19)9-11-17(12-10-15)14(18)16(7-8-16)13-5-3-2-4-6-13/h2-6,19H,7-12H2,1H3. The molecule has 0 aromatic heterocycles. The second-order valence-corrected chi connectivity index (χ2v) is 6.24. The topological polar surface area (TPSA) is 40.5 Å². The van der Waals surface area contributed by atoms with Gasteiger partial charge >= 0.3 is 0 Å². The highest BCUT2D eigenvalue weighted by Crippen LogP contribution is 2.49. The minimum absolute atomic E-state index is 0.259. The predicted octanol–water partition coefficient (Wildman–Crippen LogP) is 2.09. The lowest BCUT2D eigenvalue weighted by Gasteiger charge is -2.37. The first-order valence-electron chi connectivity index (χ1n) is 7.11. The van der Waals surface area contributed by atoms with Crippen LogP contribution in [0.25, 0.3) is 0 Å². The fraction of sp³-hybridized carbons (Fsp3) is 0.562. The van der Waals surface area contributed by atoms with Crippen LogP contribution in [0.4, 0.5) is 0 Å². The van der Waals surface area contributed by atoms with Crippen molar-refractivity contribution in [3.05, 3.63) is 35.9 Å². The Morgan fingerprint density at radius 3 is 2.21 bits per heavy atom. The summed E-state index contributed by atoms with van der Waals surface area (Å²) < 4.78 is 0. The average Bonchev–Trinajstić information content (AvgIpc) is 3.20. The summed E-state index contributed by atoms with van der Waals surface area (Å²) >= 11 is 0. The highest BCUT2D eigenvalue weighted by molar-refractivity contribution is 5.91. The van der Waals surface area contributed by atoms with Crippen molar-refractivity contribution in [1.29, 1.82) is 0 Å². The number of amides is 1. The maximum absolute atomic E-state index is 12.7. The van der Waals surface area contributed by atoms with Crippen molar-refractivity contribution >= 4 is 5.91 Å². The molecule has 1 saturated heterocycles. The predicted molar refractivity (Wildman–Crippen MR) is 73.8 cm³/mol. The molecule has 1 amide bonds. The Labute approximate surface area is 114 Å². The van der Waals surface area contributed by atoms with Crippen LogP contribution in [0.2, 0.25) is 0 Å². The number of hydrogen-bond donors (Lipinski definition) is 1. The molecule has 1 saturated carbocycles. The van der Waals surface area contributed by atoms with E-state index in [0.717, 1.165) is 18.4 Å². The van der Waals surface area contributed by atoms with Crippen molar-refractivity contribution in [3.8, 4) is 0 Å². The van der Waals surface area contributed by atoms with Crippen molar-refractivity contribution in [2.75, 3.05) is 13.1 Å². The number of benzene rings is 1. The summed E-state index contributed by atoms with van der Waals surface area (Å²) in [6, 6.07) is 10.1. The van der Waals surface area contributed by atoms with E-state index in [2.05, 4.69) is 12.1 Å². The summed E-state index contributed by atoms with van der Waals surface area (Å²) in [4.78, 5) is 14.7. The summed E-state index contributed by atoms with van der Waals surface area (Å²) in [6.07, 6.45) is 3.29. The number of hydrogen-bond acceptors (Lipinski definition) is 2. The van der Waals surface area contributed by atoms with Crippen LogP contribution in [-0.2, 0) is 10.2 Å². The Bertz CT molecular complexity index is 467. The molecule has 1 N–H and O–H groups in total. The van der Waals surface area contributed by atoms with Crippen LogP contribution in [0.3, 0.4) is 0 Å². The van der Waals surface area contributed by atoms with E-state index in [-0.39, 0.29) is 11.3 Å². The zero-order chi connectivity index (χ0) is 13.5. The van der Waals surface area contributed by atoms with Crippen LogP contribution < -0.4 is 0 Å². The number of likely N-dealkylation sites (tertiary alicyclic amines) is 1. The fourth-order valence-electron chi connectivity index (χ4n) is 3.00. The number of carbonyl (C=O) groups is 1. The van der Waals surface area contributed by atoms with E-state index in [4.69, 9.17) is 0 Å². The molecule has 2 aliphatic rings. The maximum atomic E-state index is 12.7. The van der Waals surface area contributed by atoms with Gasteiger partial charge in [0.15, 0.2) is 0 Å². The van der Waals surface area contributed by atoms with Gasteiger partial charge in [0.2, 0.25) is 5.91 Å². The first kappa shape index (κ1) is 12.7. The number of piperidine rings is 1. The second-order valence-electron chi connectivity index (χ2n) is 6.24. The van der Waals surface area contributed by atoms with Crippen LogP contribution in [0.15, 0.2) is 30.3 Å². The SMILES string of the molecule is CC1(O)CCN(C(=O)C2(c3ccccc3)CC2)CC1. The smallest absolute Gasteiger partial charge is 0.233 e. The number of carbonyl (C=O) groups excluding carboxylic acids is 1. The third kappa shape index (κ3) is 2.27. The highest BCUT2D eigenvalue weighted by atomic mass is 16.3. The molecule has 1 aromatic rings. The molecular formula is C16H21NO2. The van der Waals surface area contributed by atoms with E-state index in [1.54, 1.807) is 0 Å². The molecule has 19 heavy (non-hydrogen) atoms. The zero-order valence-electron chi connectivity index (χ0n) is 11.4.